The quantitative estimate of drug-likeness (QED) is 0.179. The predicted octanol–water partition coefficient (Wildman–Crippen LogP) is 2.84. The molecule has 0 saturated carbocycles. The first kappa shape index (κ1) is 40.0. The van der Waals surface area contributed by atoms with Crippen LogP contribution >= 0.6 is 0 Å². The highest BCUT2D eigenvalue weighted by atomic mass is 19.3. The number of nitrogen functional groups attached to an aromatic ring is 2. The van der Waals surface area contributed by atoms with Gasteiger partial charge in [0.1, 0.15) is 0 Å². The van der Waals surface area contributed by atoms with Gasteiger partial charge >= 0.3 is 39.4 Å². The molecule has 0 radical (unpaired) electrons. The van der Waals surface area contributed by atoms with Gasteiger partial charge in [-0.1, -0.05) is 0 Å². The third-order valence-electron chi connectivity index (χ3n) is 7.66. The van der Waals surface area contributed by atoms with E-state index in [-0.39, 0.29) is 23.1 Å². The molecule has 2 aromatic rings. The van der Waals surface area contributed by atoms with Crippen molar-refractivity contribution in [2.75, 3.05) is 11.5 Å². The van der Waals surface area contributed by atoms with Crippen LogP contribution in [0.2, 0.25) is 0 Å². The lowest BCUT2D eigenvalue weighted by Crippen LogP contribution is -2.41. The largest absolute Gasteiger partial charge is 0.496 e. The van der Waals surface area contributed by atoms with Crippen LogP contribution in [0.5, 0.6) is 11.5 Å². The number of aromatic nitrogens is 2. The molecule has 2 saturated heterocycles. The number of nitrogens with zero attached hydrogens (tertiary/aromatic N) is 2. The van der Waals surface area contributed by atoms with Crippen molar-refractivity contribution in [3.05, 3.63) is 36.7 Å². The summed E-state index contributed by atoms with van der Waals surface area (Å²) in [4.78, 5) is 26.8. The molecular formula is C28H38B2F4N4O10. The molecule has 4 heterocycles. The third kappa shape index (κ3) is 10.7. The maximum absolute atomic E-state index is 12.3. The number of halogens is 4. The van der Waals surface area contributed by atoms with Crippen LogP contribution in [0.25, 0.3) is 0 Å². The smallest absolute Gasteiger partial charge is 0.478 e. The standard InChI is InChI=1S/2C12H17BF2N2O3.C4H4O4/c2*1-11(2)12(3,4)20-13(19-11)7-5-8(18-10(14)15)9(16)17-6-7;5-3(6)1-2-4(7)8/h2*5-6,10H,1-4H3,(H2,16,17);1-2H,(H,5,6)(H,7,8)/b;;2-1-. The van der Waals surface area contributed by atoms with Crippen LogP contribution in [0.1, 0.15) is 55.4 Å². The number of carboxylic acid groups (broad SMARTS) is 2. The highest BCUT2D eigenvalue weighted by molar-refractivity contribution is 6.62. The minimum atomic E-state index is -2.97. The van der Waals surface area contributed by atoms with E-state index < -0.39 is 61.8 Å². The lowest BCUT2D eigenvalue weighted by Gasteiger charge is -2.32. The number of anilines is 2. The monoisotopic (exact) mass is 688 g/mol. The van der Waals surface area contributed by atoms with E-state index in [1.165, 1.54) is 24.5 Å². The van der Waals surface area contributed by atoms with Gasteiger partial charge in [0.2, 0.25) is 0 Å². The van der Waals surface area contributed by atoms with Crippen LogP contribution < -0.4 is 31.9 Å². The van der Waals surface area contributed by atoms with E-state index in [0.717, 1.165) is 0 Å². The molecule has 2 aliphatic rings. The zero-order valence-corrected chi connectivity index (χ0v) is 27.5. The first-order valence-electron chi connectivity index (χ1n) is 14.1. The second-order valence-electron chi connectivity index (χ2n) is 12.2. The molecule has 4 rings (SSSR count). The number of hydrogen-bond donors (Lipinski definition) is 4. The molecule has 20 heteroatoms. The molecule has 0 unspecified atom stereocenters. The molecule has 0 bridgehead atoms. The normalized spacial score (nSPS) is 18.6. The minimum Gasteiger partial charge on any atom is -0.478 e. The molecule has 0 amide bonds. The Hall–Kier alpha value is -4.13. The fourth-order valence-corrected chi connectivity index (χ4v) is 3.68. The van der Waals surface area contributed by atoms with Crippen molar-refractivity contribution < 1.29 is 65.5 Å². The molecule has 14 nitrogen and oxygen atoms in total. The molecule has 2 aliphatic heterocycles. The van der Waals surface area contributed by atoms with E-state index in [1.807, 2.05) is 55.4 Å². The molecule has 0 aromatic carbocycles. The van der Waals surface area contributed by atoms with Crippen molar-refractivity contribution in [1.29, 1.82) is 0 Å². The fraction of sp³-hybridized carbons (Fsp3) is 0.500. The number of rotatable bonds is 8. The van der Waals surface area contributed by atoms with Gasteiger partial charge in [-0.2, -0.15) is 17.6 Å². The molecule has 0 aliphatic carbocycles. The zero-order chi connectivity index (χ0) is 36.8. The van der Waals surface area contributed by atoms with Crippen molar-refractivity contribution in [3.8, 4) is 11.5 Å². The van der Waals surface area contributed by atoms with Crippen molar-refractivity contribution in [2.45, 2.75) is 91.0 Å². The van der Waals surface area contributed by atoms with Crippen molar-refractivity contribution in [1.82, 2.24) is 9.97 Å². The number of nitrogens with two attached hydrogens (primary N) is 2. The highest BCUT2D eigenvalue weighted by Gasteiger charge is 2.53. The molecule has 0 atom stereocenters. The van der Waals surface area contributed by atoms with Crippen LogP contribution in [0.3, 0.4) is 0 Å². The summed E-state index contributed by atoms with van der Waals surface area (Å²) in [7, 11) is -1.40. The van der Waals surface area contributed by atoms with Gasteiger partial charge in [0.25, 0.3) is 0 Å². The summed E-state index contributed by atoms with van der Waals surface area (Å²) in [6, 6.07) is 2.72. The molecule has 2 fully saturated rings. The Morgan fingerprint density at radius 3 is 1.19 bits per heavy atom. The lowest BCUT2D eigenvalue weighted by atomic mass is 9.80. The van der Waals surface area contributed by atoms with Gasteiger partial charge in [-0.15, -0.1) is 0 Å². The maximum atomic E-state index is 12.3. The number of hydrogen-bond acceptors (Lipinski definition) is 12. The highest BCUT2D eigenvalue weighted by Crippen LogP contribution is 2.38. The van der Waals surface area contributed by atoms with Crippen LogP contribution in [-0.4, -0.2) is 82.0 Å². The van der Waals surface area contributed by atoms with Crippen LogP contribution in [0, 0.1) is 0 Å². The number of aliphatic carboxylic acids is 2. The Balaban J connectivity index is 0.000000274. The molecule has 48 heavy (non-hydrogen) atoms. The summed E-state index contributed by atoms with van der Waals surface area (Å²) in [6.07, 6.45) is 3.97. The van der Waals surface area contributed by atoms with E-state index in [1.54, 1.807) is 0 Å². The van der Waals surface area contributed by atoms with Gasteiger partial charge in [0.15, 0.2) is 23.1 Å². The third-order valence-corrected chi connectivity index (χ3v) is 7.66. The number of pyridine rings is 2. The molecule has 264 valence electrons. The van der Waals surface area contributed by atoms with Gasteiger partial charge in [0.05, 0.1) is 22.4 Å². The summed E-state index contributed by atoms with van der Waals surface area (Å²) in [5.41, 5.74) is 9.84. The molecular weight excluding hydrogens is 650 g/mol. The lowest BCUT2D eigenvalue weighted by molar-refractivity contribution is -0.134. The summed E-state index contributed by atoms with van der Waals surface area (Å²) in [5.74, 6) is -3.10. The Bertz CT molecular complexity index is 1340. The number of alkyl halides is 4. The van der Waals surface area contributed by atoms with Crippen molar-refractivity contribution in [2.24, 2.45) is 0 Å². The zero-order valence-electron chi connectivity index (χ0n) is 27.5. The van der Waals surface area contributed by atoms with E-state index in [4.69, 9.17) is 40.3 Å². The number of carboxylic acids is 2. The Morgan fingerprint density at radius 1 is 0.688 bits per heavy atom. The van der Waals surface area contributed by atoms with Crippen molar-refractivity contribution >= 4 is 48.7 Å². The number of ether oxygens (including phenoxy) is 2. The molecule has 6 N–H and O–H groups in total. The summed E-state index contributed by atoms with van der Waals surface area (Å²) in [6.45, 7) is 9.25. The van der Waals surface area contributed by atoms with E-state index in [2.05, 4.69) is 19.4 Å². The topological polar surface area (TPSA) is 208 Å². The van der Waals surface area contributed by atoms with E-state index >= 15 is 0 Å². The molecule has 0 spiro atoms. The van der Waals surface area contributed by atoms with Crippen LogP contribution in [0.15, 0.2) is 36.7 Å². The average molecular weight is 688 g/mol. The molecule has 2 aromatic heterocycles. The average Bonchev–Trinajstić information content (AvgIpc) is 3.29. The summed E-state index contributed by atoms with van der Waals surface area (Å²) < 4.78 is 81.0. The number of carbonyl (C=O) groups is 2. The van der Waals surface area contributed by atoms with Gasteiger partial charge in [0, 0.05) is 35.5 Å². The SMILES string of the molecule is CC1(C)OB(c2cnc(N)c(OC(F)F)c2)OC1(C)C.CC1(C)OB(c2cnc(N)c(OC(F)F)c2)OC1(C)C.O=C(O)/C=C\C(=O)O. The summed E-state index contributed by atoms with van der Waals surface area (Å²) >= 11 is 0. The van der Waals surface area contributed by atoms with Crippen LogP contribution in [-0.2, 0) is 28.2 Å². The second-order valence-corrected chi connectivity index (χ2v) is 12.2. The predicted molar refractivity (Wildman–Crippen MR) is 166 cm³/mol. The fourth-order valence-electron chi connectivity index (χ4n) is 3.68. The Kier molecular flexibility index (Phi) is 12.8. The Labute approximate surface area is 275 Å². The van der Waals surface area contributed by atoms with Crippen molar-refractivity contribution in [3.63, 3.8) is 0 Å². The van der Waals surface area contributed by atoms with E-state index in [0.29, 0.717) is 23.1 Å². The summed E-state index contributed by atoms with van der Waals surface area (Å²) in [5, 5.41) is 15.6. The first-order valence-corrected chi connectivity index (χ1v) is 14.1. The van der Waals surface area contributed by atoms with Gasteiger partial charge in [-0.05, 0) is 67.5 Å². The van der Waals surface area contributed by atoms with E-state index in [9.17, 15) is 27.2 Å². The van der Waals surface area contributed by atoms with Crippen LogP contribution in [0.4, 0.5) is 29.2 Å². The Morgan fingerprint density at radius 2 is 0.958 bits per heavy atom. The second kappa shape index (κ2) is 15.4. The van der Waals surface area contributed by atoms with Gasteiger partial charge in [-0.25, -0.2) is 19.6 Å². The maximum Gasteiger partial charge on any atom is 0.496 e. The minimum absolute atomic E-state index is 0.106. The first-order chi connectivity index (χ1) is 21.9. The van der Waals surface area contributed by atoms with Gasteiger partial charge in [-0.3, -0.25) is 0 Å². The van der Waals surface area contributed by atoms with Gasteiger partial charge < -0.3 is 49.8 Å².